The Morgan fingerprint density at radius 2 is 1.71 bits per heavy atom. The fourth-order valence-corrected chi connectivity index (χ4v) is 2.52. The van der Waals surface area contributed by atoms with Crippen molar-refractivity contribution in [3.8, 4) is 0 Å². The predicted octanol–water partition coefficient (Wildman–Crippen LogP) is -1.41. The zero-order chi connectivity index (χ0) is 21.7. The summed E-state index contributed by atoms with van der Waals surface area (Å²) in [6.07, 6.45) is 2.14. The maximum atomic E-state index is 12.8. The third kappa shape index (κ3) is 9.90. The molecule has 0 aromatic rings. The molecule has 8 N–H and O–H groups in total. The number of nitrogens with one attached hydrogen (secondary N) is 3. The highest BCUT2D eigenvalue weighted by molar-refractivity contribution is 7.80. The lowest BCUT2D eigenvalue weighted by molar-refractivity contribution is -0.138. The van der Waals surface area contributed by atoms with Crippen LogP contribution >= 0.6 is 12.6 Å². The Morgan fingerprint density at radius 1 is 1.07 bits per heavy atom. The number of carboxylic acid groups (broad SMARTS) is 1. The van der Waals surface area contributed by atoms with Gasteiger partial charge in [-0.15, -0.1) is 0 Å². The zero-order valence-corrected chi connectivity index (χ0v) is 17.3. The van der Waals surface area contributed by atoms with Crippen LogP contribution < -0.4 is 27.4 Å². The Bertz CT molecular complexity index is 534. The molecule has 4 atom stereocenters. The van der Waals surface area contributed by atoms with E-state index in [0.717, 1.165) is 0 Å². The smallest absolute Gasteiger partial charge is 0.322 e. The van der Waals surface area contributed by atoms with Gasteiger partial charge < -0.3 is 32.5 Å². The molecule has 0 fully saturated rings. The lowest BCUT2D eigenvalue weighted by atomic mass is 9.97. The second kappa shape index (κ2) is 14.2. The average molecular weight is 420 g/mol. The van der Waals surface area contributed by atoms with E-state index in [1.807, 2.05) is 6.92 Å². The topological polar surface area (TPSA) is 177 Å². The number of aliphatic carboxylic acids is 1. The summed E-state index contributed by atoms with van der Waals surface area (Å²) in [7, 11) is 0. The van der Waals surface area contributed by atoms with Crippen LogP contribution in [0.2, 0.25) is 0 Å². The van der Waals surface area contributed by atoms with E-state index in [1.165, 1.54) is 0 Å². The van der Waals surface area contributed by atoms with Crippen molar-refractivity contribution < 1.29 is 24.3 Å². The van der Waals surface area contributed by atoms with Gasteiger partial charge in [0.05, 0.1) is 6.04 Å². The molecule has 0 radical (unpaired) electrons. The van der Waals surface area contributed by atoms with Crippen LogP contribution in [0.5, 0.6) is 0 Å². The summed E-state index contributed by atoms with van der Waals surface area (Å²) >= 11 is 3.98. The van der Waals surface area contributed by atoms with Crippen LogP contribution in [0.1, 0.15) is 39.5 Å². The van der Waals surface area contributed by atoms with E-state index in [2.05, 4.69) is 28.6 Å². The van der Waals surface area contributed by atoms with Gasteiger partial charge in [-0.1, -0.05) is 20.3 Å². The first kappa shape index (κ1) is 26.1. The van der Waals surface area contributed by atoms with Gasteiger partial charge in [0.1, 0.15) is 18.6 Å². The summed E-state index contributed by atoms with van der Waals surface area (Å²) in [5, 5.41) is 16.2. The fraction of sp³-hybridized carbons (Fsp3) is 0.765. The van der Waals surface area contributed by atoms with Crippen molar-refractivity contribution in [2.45, 2.75) is 57.7 Å². The lowest BCUT2D eigenvalue weighted by Gasteiger charge is -2.27. The molecule has 0 aromatic carbocycles. The minimum Gasteiger partial charge on any atom is -0.480 e. The normalized spacial score (nSPS) is 15.0. The first-order chi connectivity index (χ1) is 13.2. The van der Waals surface area contributed by atoms with Crippen LogP contribution in [0.3, 0.4) is 0 Å². The Morgan fingerprint density at radius 3 is 2.21 bits per heavy atom. The summed E-state index contributed by atoms with van der Waals surface area (Å²) in [4.78, 5) is 47.8. The number of carboxylic acids is 1. The number of unbranched alkanes of at least 4 members (excludes halogenated alkanes) is 1. The highest BCUT2D eigenvalue weighted by Crippen LogP contribution is 2.10. The molecular weight excluding hydrogens is 386 g/mol. The largest absolute Gasteiger partial charge is 0.480 e. The number of carbonyl (C=O) groups is 4. The summed E-state index contributed by atoms with van der Waals surface area (Å²) in [6.45, 7) is 3.55. The molecule has 11 heteroatoms. The number of thiol groups is 1. The highest BCUT2D eigenvalue weighted by Gasteiger charge is 2.30. The molecule has 3 amide bonds. The minimum absolute atomic E-state index is 0.125. The summed E-state index contributed by atoms with van der Waals surface area (Å²) in [5.74, 6) is -2.91. The quantitative estimate of drug-likeness (QED) is 0.134. The van der Waals surface area contributed by atoms with Crippen LogP contribution in [0.4, 0.5) is 0 Å². The zero-order valence-electron chi connectivity index (χ0n) is 16.4. The second-order valence-corrected chi connectivity index (χ2v) is 6.98. The monoisotopic (exact) mass is 419 g/mol. The van der Waals surface area contributed by atoms with Crippen LogP contribution in [-0.4, -0.2) is 65.8 Å². The number of hydrogen-bond donors (Lipinski definition) is 7. The molecule has 0 aliphatic carbocycles. The van der Waals surface area contributed by atoms with E-state index in [0.29, 0.717) is 32.2 Å². The van der Waals surface area contributed by atoms with Crippen LogP contribution in [-0.2, 0) is 19.2 Å². The van der Waals surface area contributed by atoms with E-state index in [9.17, 15) is 19.2 Å². The van der Waals surface area contributed by atoms with E-state index >= 15 is 0 Å². The van der Waals surface area contributed by atoms with Crippen molar-refractivity contribution in [2.24, 2.45) is 17.4 Å². The van der Waals surface area contributed by atoms with Crippen molar-refractivity contribution in [1.82, 2.24) is 16.0 Å². The molecule has 0 heterocycles. The minimum atomic E-state index is -1.19. The molecule has 0 bridgehead atoms. The summed E-state index contributed by atoms with van der Waals surface area (Å²) < 4.78 is 0. The number of nitrogens with two attached hydrogens (primary N) is 2. The lowest BCUT2D eigenvalue weighted by Crippen LogP contribution is -2.58. The number of amides is 3. The van der Waals surface area contributed by atoms with Gasteiger partial charge in [-0.25, -0.2) is 0 Å². The molecule has 28 heavy (non-hydrogen) atoms. The Balaban J connectivity index is 5.21. The molecule has 0 aromatic heterocycles. The third-order valence-corrected chi connectivity index (χ3v) is 4.71. The maximum absolute atomic E-state index is 12.8. The number of rotatable bonds is 14. The van der Waals surface area contributed by atoms with Gasteiger partial charge in [-0.2, -0.15) is 12.6 Å². The van der Waals surface area contributed by atoms with Gasteiger partial charge in [0.2, 0.25) is 17.7 Å². The van der Waals surface area contributed by atoms with E-state index in [-0.39, 0.29) is 11.7 Å². The van der Waals surface area contributed by atoms with Crippen molar-refractivity contribution >= 4 is 36.3 Å². The maximum Gasteiger partial charge on any atom is 0.322 e. The fourth-order valence-electron chi connectivity index (χ4n) is 2.35. The molecule has 0 saturated carbocycles. The van der Waals surface area contributed by atoms with Crippen molar-refractivity contribution in [1.29, 1.82) is 0 Å². The molecular formula is C17H33N5O5S. The van der Waals surface area contributed by atoms with E-state index < -0.39 is 48.4 Å². The highest BCUT2D eigenvalue weighted by atomic mass is 32.1. The predicted molar refractivity (Wildman–Crippen MR) is 109 cm³/mol. The summed E-state index contributed by atoms with van der Waals surface area (Å²) in [6, 6.07) is -2.67. The van der Waals surface area contributed by atoms with E-state index in [1.54, 1.807) is 6.92 Å². The Labute approximate surface area is 171 Å². The van der Waals surface area contributed by atoms with E-state index in [4.69, 9.17) is 16.6 Å². The SMILES string of the molecule is CCC(C)C(NC(=O)C(N)CS)C(=O)NC(CCCCN)C(=O)NCC(=O)O. The molecule has 0 aliphatic rings. The first-order valence-corrected chi connectivity index (χ1v) is 9.97. The van der Waals surface area contributed by atoms with Gasteiger partial charge in [0.25, 0.3) is 0 Å². The molecule has 0 rings (SSSR count). The molecule has 4 unspecified atom stereocenters. The number of carbonyl (C=O) groups excluding carboxylic acids is 3. The van der Waals surface area contributed by atoms with Gasteiger partial charge in [-0.05, 0) is 31.7 Å². The molecule has 0 spiro atoms. The van der Waals surface area contributed by atoms with Gasteiger partial charge >= 0.3 is 5.97 Å². The van der Waals surface area contributed by atoms with Gasteiger partial charge in [0, 0.05) is 5.75 Å². The molecule has 162 valence electrons. The van der Waals surface area contributed by atoms with Crippen LogP contribution in [0.15, 0.2) is 0 Å². The van der Waals surface area contributed by atoms with Gasteiger partial charge in [-0.3, -0.25) is 19.2 Å². The van der Waals surface area contributed by atoms with Crippen LogP contribution in [0.25, 0.3) is 0 Å². The standard InChI is InChI=1S/C17H33N5O5S/c1-3-10(2)14(22-15(25)11(19)9-28)17(27)21-12(6-4-5-7-18)16(26)20-8-13(23)24/h10-12,14,28H,3-9,18-19H2,1-2H3,(H,20,26)(H,21,27)(H,22,25)(H,23,24). The van der Waals surface area contributed by atoms with Crippen molar-refractivity contribution in [3.63, 3.8) is 0 Å². The molecule has 10 nitrogen and oxygen atoms in total. The molecule has 0 aliphatic heterocycles. The molecule has 0 saturated heterocycles. The number of hydrogen-bond acceptors (Lipinski definition) is 7. The van der Waals surface area contributed by atoms with Gasteiger partial charge in [0.15, 0.2) is 0 Å². The Kier molecular flexibility index (Phi) is 13.3. The van der Waals surface area contributed by atoms with Crippen LogP contribution in [0, 0.1) is 5.92 Å². The Hall–Kier alpha value is -1.85. The van der Waals surface area contributed by atoms with Crippen molar-refractivity contribution in [2.75, 3.05) is 18.8 Å². The first-order valence-electron chi connectivity index (χ1n) is 9.34. The van der Waals surface area contributed by atoms with Crippen molar-refractivity contribution in [3.05, 3.63) is 0 Å². The second-order valence-electron chi connectivity index (χ2n) is 6.62. The summed E-state index contributed by atoms with van der Waals surface area (Å²) in [5.41, 5.74) is 11.1. The third-order valence-electron chi connectivity index (χ3n) is 4.32. The average Bonchev–Trinajstić information content (AvgIpc) is 2.67.